The van der Waals surface area contributed by atoms with Crippen molar-refractivity contribution in [3.63, 3.8) is 0 Å². The molecule has 0 atom stereocenters. The summed E-state index contributed by atoms with van der Waals surface area (Å²) < 4.78 is 4.98. The molecule has 0 aliphatic heterocycles. The molecule has 82 valence electrons. The molecular weight excluding hydrogens is 204 g/mol. The maximum absolute atomic E-state index is 5.42. The molecule has 2 heterocycles. The van der Waals surface area contributed by atoms with Crippen molar-refractivity contribution in [1.29, 1.82) is 0 Å². The normalized spacial score (nSPS) is 15.3. The maximum Gasteiger partial charge on any atom is 0.240 e. The number of pyridine rings is 1. The van der Waals surface area contributed by atoms with E-state index in [4.69, 9.17) is 10.3 Å². The van der Waals surface area contributed by atoms with Gasteiger partial charge in [-0.1, -0.05) is 5.16 Å². The lowest BCUT2D eigenvalue weighted by Crippen LogP contribution is -1.95. The van der Waals surface area contributed by atoms with Gasteiger partial charge in [0.1, 0.15) is 0 Å². The van der Waals surface area contributed by atoms with Crippen LogP contribution in [0.15, 0.2) is 22.9 Å². The molecule has 0 saturated heterocycles. The Kier molecular flexibility index (Phi) is 2.18. The molecule has 16 heavy (non-hydrogen) atoms. The van der Waals surface area contributed by atoms with Crippen LogP contribution in [0, 0.1) is 0 Å². The molecule has 2 aromatic heterocycles. The topological polar surface area (TPSA) is 77.8 Å². The standard InChI is InChI=1S/C11H12N4O/c12-6-10-14-11(15-16-10)8-3-4-13-9(5-8)7-1-2-7/h3-5,7H,1-2,6,12H2. The first-order valence-electron chi connectivity index (χ1n) is 5.36. The monoisotopic (exact) mass is 216 g/mol. The lowest BCUT2D eigenvalue weighted by atomic mass is 10.2. The van der Waals surface area contributed by atoms with Crippen LogP contribution in [0.25, 0.3) is 11.4 Å². The molecule has 5 nitrogen and oxygen atoms in total. The van der Waals surface area contributed by atoms with Crippen LogP contribution in [0.5, 0.6) is 0 Å². The molecule has 0 spiro atoms. The number of nitrogens with two attached hydrogens (primary N) is 1. The predicted octanol–water partition coefficient (Wildman–Crippen LogP) is 1.47. The van der Waals surface area contributed by atoms with Crippen LogP contribution < -0.4 is 5.73 Å². The van der Waals surface area contributed by atoms with E-state index in [1.807, 2.05) is 12.1 Å². The summed E-state index contributed by atoms with van der Waals surface area (Å²) in [4.78, 5) is 8.53. The average Bonchev–Trinajstić information content (AvgIpc) is 3.07. The molecule has 0 aromatic carbocycles. The SMILES string of the molecule is NCc1nc(-c2ccnc(C3CC3)c2)no1. The number of rotatable bonds is 3. The zero-order valence-electron chi connectivity index (χ0n) is 8.76. The molecule has 5 heteroatoms. The van der Waals surface area contributed by atoms with Gasteiger partial charge in [-0.2, -0.15) is 4.98 Å². The van der Waals surface area contributed by atoms with Crippen LogP contribution in [0.4, 0.5) is 0 Å². The lowest BCUT2D eigenvalue weighted by Gasteiger charge is -1.98. The average molecular weight is 216 g/mol. The maximum atomic E-state index is 5.42. The highest BCUT2D eigenvalue weighted by atomic mass is 16.5. The summed E-state index contributed by atoms with van der Waals surface area (Å²) in [5.74, 6) is 1.67. The highest BCUT2D eigenvalue weighted by Crippen LogP contribution is 2.39. The Morgan fingerprint density at radius 3 is 3.00 bits per heavy atom. The van der Waals surface area contributed by atoms with Gasteiger partial charge in [-0.05, 0) is 25.0 Å². The van der Waals surface area contributed by atoms with Crippen LogP contribution in [0.2, 0.25) is 0 Å². The molecule has 1 saturated carbocycles. The van der Waals surface area contributed by atoms with Gasteiger partial charge >= 0.3 is 0 Å². The Hall–Kier alpha value is -1.75. The van der Waals surface area contributed by atoms with Crippen molar-refractivity contribution < 1.29 is 4.52 Å². The van der Waals surface area contributed by atoms with Crippen molar-refractivity contribution in [1.82, 2.24) is 15.1 Å². The molecule has 2 N–H and O–H groups in total. The minimum absolute atomic E-state index is 0.271. The van der Waals surface area contributed by atoms with Gasteiger partial charge < -0.3 is 10.3 Å². The van der Waals surface area contributed by atoms with E-state index < -0.39 is 0 Å². The Bertz CT molecular complexity index is 504. The van der Waals surface area contributed by atoms with Gasteiger partial charge in [0.2, 0.25) is 11.7 Å². The van der Waals surface area contributed by atoms with Crippen molar-refractivity contribution in [3.8, 4) is 11.4 Å². The summed E-state index contributed by atoms with van der Waals surface area (Å²) >= 11 is 0. The molecule has 0 amide bonds. The van der Waals surface area contributed by atoms with Gasteiger partial charge in [-0.25, -0.2) is 0 Å². The summed E-state index contributed by atoms with van der Waals surface area (Å²) in [6.07, 6.45) is 4.26. The van der Waals surface area contributed by atoms with Gasteiger partial charge in [-0.3, -0.25) is 4.98 Å². The van der Waals surface area contributed by atoms with Gasteiger partial charge in [0.15, 0.2) is 0 Å². The lowest BCUT2D eigenvalue weighted by molar-refractivity contribution is 0.380. The molecule has 0 radical (unpaired) electrons. The summed E-state index contributed by atoms with van der Waals surface area (Å²) in [7, 11) is 0. The second kappa shape index (κ2) is 3.68. The summed E-state index contributed by atoms with van der Waals surface area (Å²) in [6, 6.07) is 3.92. The van der Waals surface area contributed by atoms with Crippen molar-refractivity contribution in [2.24, 2.45) is 5.73 Å². The van der Waals surface area contributed by atoms with E-state index in [2.05, 4.69) is 15.1 Å². The number of nitrogens with zero attached hydrogens (tertiary/aromatic N) is 3. The second-order valence-electron chi connectivity index (χ2n) is 3.96. The van der Waals surface area contributed by atoms with Crippen molar-refractivity contribution >= 4 is 0 Å². The first-order chi connectivity index (χ1) is 7.86. The van der Waals surface area contributed by atoms with E-state index in [-0.39, 0.29) is 6.54 Å². The zero-order chi connectivity index (χ0) is 11.0. The highest BCUT2D eigenvalue weighted by molar-refractivity contribution is 5.54. The van der Waals surface area contributed by atoms with Crippen molar-refractivity contribution in [2.45, 2.75) is 25.3 Å². The number of hydrogen-bond acceptors (Lipinski definition) is 5. The van der Waals surface area contributed by atoms with E-state index in [1.165, 1.54) is 12.8 Å². The van der Waals surface area contributed by atoms with E-state index in [0.717, 1.165) is 11.3 Å². The fraction of sp³-hybridized carbons (Fsp3) is 0.364. The molecule has 0 unspecified atom stereocenters. The van der Waals surface area contributed by atoms with Crippen LogP contribution in [-0.2, 0) is 6.54 Å². The largest absolute Gasteiger partial charge is 0.338 e. The van der Waals surface area contributed by atoms with Gasteiger partial charge in [0, 0.05) is 23.4 Å². The van der Waals surface area contributed by atoms with Gasteiger partial charge in [0.05, 0.1) is 6.54 Å². The van der Waals surface area contributed by atoms with Crippen LogP contribution in [-0.4, -0.2) is 15.1 Å². The molecular formula is C11H12N4O. The number of hydrogen-bond donors (Lipinski definition) is 1. The van der Waals surface area contributed by atoms with Crippen molar-refractivity contribution in [2.75, 3.05) is 0 Å². The third kappa shape index (κ3) is 1.69. The molecule has 2 aromatic rings. The van der Waals surface area contributed by atoms with E-state index in [0.29, 0.717) is 17.6 Å². The molecule has 0 bridgehead atoms. The highest BCUT2D eigenvalue weighted by Gasteiger charge is 2.25. The molecule has 1 aliphatic rings. The third-order valence-corrected chi connectivity index (χ3v) is 2.68. The van der Waals surface area contributed by atoms with E-state index in [1.54, 1.807) is 6.20 Å². The smallest absolute Gasteiger partial charge is 0.240 e. The third-order valence-electron chi connectivity index (χ3n) is 2.68. The Labute approximate surface area is 92.7 Å². The number of aromatic nitrogens is 3. The summed E-state index contributed by atoms with van der Waals surface area (Å²) in [6.45, 7) is 0.271. The molecule has 1 aliphatic carbocycles. The fourth-order valence-corrected chi connectivity index (χ4v) is 1.64. The first kappa shape index (κ1) is 9.47. The Morgan fingerprint density at radius 2 is 2.31 bits per heavy atom. The van der Waals surface area contributed by atoms with E-state index >= 15 is 0 Å². The van der Waals surface area contributed by atoms with Gasteiger partial charge in [0.25, 0.3) is 0 Å². The fourth-order valence-electron chi connectivity index (χ4n) is 1.64. The summed E-state index contributed by atoms with van der Waals surface area (Å²) in [5, 5.41) is 3.88. The van der Waals surface area contributed by atoms with Gasteiger partial charge in [-0.15, -0.1) is 0 Å². The zero-order valence-corrected chi connectivity index (χ0v) is 8.76. The van der Waals surface area contributed by atoms with Crippen LogP contribution >= 0.6 is 0 Å². The summed E-state index contributed by atoms with van der Waals surface area (Å²) in [5.41, 5.74) is 7.49. The van der Waals surface area contributed by atoms with Crippen LogP contribution in [0.1, 0.15) is 30.3 Å². The Balaban J connectivity index is 1.95. The van der Waals surface area contributed by atoms with Crippen LogP contribution in [0.3, 0.4) is 0 Å². The first-order valence-corrected chi connectivity index (χ1v) is 5.36. The van der Waals surface area contributed by atoms with E-state index in [9.17, 15) is 0 Å². The minimum Gasteiger partial charge on any atom is -0.338 e. The van der Waals surface area contributed by atoms with Crippen molar-refractivity contribution in [3.05, 3.63) is 29.9 Å². The minimum atomic E-state index is 0.271. The predicted molar refractivity (Wildman–Crippen MR) is 57.4 cm³/mol. The second-order valence-corrected chi connectivity index (χ2v) is 3.96. The Morgan fingerprint density at radius 1 is 1.44 bits per heavy atom. The molecule has 3 rings (SSSR count). The molecule has 1 fully saturated rings. The quantitative estimate of drug-likeness (QED) is 0.840.